The Morgan fingerprint density at radius 2 is 1.90 bits per heavy atom. The number of nitrogens with zero attached hydrogens (tertiary/aromatic N) is 1. The molecule has 2 aromatic carbocycles. The summed E-state index contributed by atoms with van der Waals surface area (Å²) < 4.78 is 34.1. The number of fused-ring (bicyclic) bond motifs is 1. The van der Waals surface area contributed by atoms with Gasteiger partial charge in [0, 0.05) is 5.56 Å². The number of rotatable bonds is 4. The van der Waals surface area contributed by atoms with E-state index in [1.807, 2.05) is 24.3 Å². The van der Waals surface area contributed by atoms with Crippen LogP contribution in [0.2, 0.25) is 0 Å². The highest BCUT2D eigenvalue weighted by Crippen LogP contribution is 2.33. The van der Waals surface area contributed by atoms with Gasteiger partial charge in [0.2, 0.25) is 0 Å². The van der Waals surface area contributed by atoms with Gasteiger partial charge >= 0.3 is 6.61 Å². The van der Waals surface area contributed by atoms with Gasteiger partial charge in [-0.25, -0.2) is 4.98 Å². The summed E-state index contributed by atoms with van der Waals surface area (Å²) >= 11 is 0. The number of H-pyrrole nitrogens is 1. The first-order chi connectivity index (χ1) is 10.2. The Bertz CT molecular complexity index is 738. The summed E-state index contributed by atoms with van der Waals surface area (Å²) in [4.78, 5) is 7.62. The molecular formula is C15H12F2N2O2. The maximum atomic E-state index is 12.3. The van der Waals surface area contributed by atoms with Crippen LogP contribution in [-0.4, -0.2) is 23.7 Å². The minimum atomic E-state index is -2.89. The second-order valence-electron chi connectivity index (χ2n) is 4.35. The van der Waals surface area contributed by atoms with E-state index in [2.05, 4.69) is 14.7 Å². The highest BCUT2D eigenvalue weighted by Gasteiger charge is 2.13. The molecule has 0 aliphatic rings. The van der Waals surface area contributed by atoms with Gasteiger partial charge in [-0.2, -0.15) is 8.78 Å². The molecule has 1 heterocycles. The van der Waals surface area contributed by atoms with Crippen molar-refractivity contribution in [3.05, 3.63) is 42.5 Å². The molecule has 0 saturated heterocycles. The predicted molar refractivity (Wildman–Crippen MR) is 74.7 cm³/mol. The summed E-state index contributed by atoms with van der Waals surface area (Å²) in [6, 6.07) is 12.3. The van der Waals surface area contributed by atoms with Gasteiger partial charge in [-0.3, -0.25) is 0 Å². The van der Waals surface area contributed by atoms with E-state index in [1.54, 1.807) is 12.1 Å². The molecule has 6 heteroatoms. The van der Waals surface area contributed by atoms with Gasteiger partial charge in [0.1, 0.15) is 5.82 Å². The van der Waals surface area contributed by atoms with E-state index >= 15 is 0 Å². The van der Waals surface area contributed by atoms with E-state index in [1.165, 1.54) is 13.2 Å². The van der Waals surface area contributed by atoms with E-state index in [0.29, 0.717) is 5.82 Å². The lowest BCUT2D eigenvalue weighted by Gasteiger charge is -2.10. The van der Waals surface area contributed by atoms with Crippen molar-refractivity contribution in [1.29, 1.82) is 0 Å². The minimum Gasteiger partial charge on any atom is -0.493 e. The van der Waals surface area contributed by atoms with E-state index in [0.717, 1.165) is 16.6 Å². The maximum Gasteiger partial charge on any atom is 0.387 e. The summed E-state index contributed by atoms with van der Waals surface area (Å²) in [7, 11) is 1.40. The van der Waals surface area contributed by atoms with Crippen LogP contribution in [0.15, 0.2) is 42.5 Å². The molecule has 0 aliphatic heterocycles. The van der Waals surface area contributed by atoms with E-state index in [-0.39, 0.29) is 11.5 Å². The number of methoxy groups -OCH3 is 1. The molecular weight excluding hydrogens is 278 g/mol. The Balaban J connectivity index is 2.02. The van der Waals surface area contributed by atoms with Crippen molar-refractivity contribution in [2.45, 2.75) is 6.61 Å². The van der Waals surface area contributed by atoms with E-state index in [4.69, 9.17) is 4.74 Å². The Labute approximate surface area is 119 Å². The minimum absolute atomic E-state index is 0.00707. The highest BCUT2D eigenvalue weighted by atomic mass is 19.3. The van der Waals surface area contributed by atoms with Crippen LogP contribution in [0, 0.1) is 0 Å². The Morgan fingerprint density at radius 1 is 1.10 bits per heavy atom. The zero-order valence-corrected chi connectivity index (χ0v) is 11.1. The second kappa shape index (κ2) is 5.40. The maximum absolute atomic E-state index is 12.3. The fourth-order valence-electron chi connectivity index (χ4n) is 2.10. The van der Waals surface area contributed by atoms with Gasteiger partial charge in [0.05, 0.1) is 18.1 Å². The molecule has 1 aromatic heterocycles. The van der Waals surface area contributed by atoms with Gasteiger partial charge in [0.15, 0.2) is 11.5 Å². The second-order valence-corrected chi connectivity index (χ2v) is 4.35. The number of para-hydroxylation sites is 2. The number of hydrogen-bond acceptors (Lipinski definition) is 3. The highest BCUT2D eigenvalue weighted by molar-refractivity contribution is 5.79. The van der Waals surface area contributed by atoms with Crippen LogP contribution in [-0.2, 0) is 0 Å². The first kappa shape index (κ1) is 13.4. The van der Waals surface area contributed by atoms with Gasteiger partial charge in [-0.15, -0.1) is 0 Å². The van der Waals surface area contributed by atoms with Gasteiger partial charge in [-0.1, -0.05) is 12.1 Å². The molecule has 0 unspecified atom stereocenters. The molecule has 0 aliphatic carbocycles. The summed E-state index contributed by atoms with van der Waals surface area (Å²) in [6.07, 6.45) is 0. The molecule has 3 rings (SSSR count). The monoisotopic (exact) mass is 290 g/mol. The van der Waals surface area contributed by atoms with Gasteiger partial charge < -0.3 is 14.5 Å². The van der Waals surface area contributed by atoms with Crippen molar-refractivity contribution in [3.63, 3.8) is 0 Å². The third kappa shape index (κ3) is 2.65. The average Bonchev–Trinajstić information content (AvgIpc) is 2.91. The number of hydrogen-bond donors (Lipinski definition) is 1. The van der Waals surface area contributed by atoms with Crippen LogP contribution < -0.4 is 9.47 Å². The molecule has 0 saturated carbocycles. The van der Waals surface area contributed by atoms with Crippen LogP contribution in [0.3, 0.4) is 0 Å². The van der Waals surface area contributed by atoms with Crippen molar-refractivity contribution in [3.8, 4) is 22.9 Å². The fraction of sp³-hybridized carbons (Fsp3) is 0.133. The van der Waals surface area contributed by atoms with Crippen LogP contribution in [0.1, 0.15) is 0 Å². The quantitative estimate of drug-likeness (QED) is 0.794. The number of imidazole rings is 1. The number of aromatic nitrogens is 2. The largest absolute Gasteiger partial charge is 0.493 e. The molecule has 0 fully saturated rings. The number of aromatic amines is 1. The van der Waals surface area contributed by atoms with Crippen molar-refractivity contribution < 1.29 is 18.3 Å². The van der Waals surface area contributed by atoms with E-state index < -0.39 is 6.61 Å². The normalized spacial score (nSPS) is 11.0. The molecule has 0 spiro atoms. The Hall–Kier alpha value is -2.63. The summed E-state index contributed by atoms with van der Waals surface area (Å²) in [5, 5.41) is 0. The molecule has 108 valence electrons. The number of halogens is 2. The van der Waals surface area contributed by atoms with Crippen LogP contribution in [0.5, 0.6) is 11.5 Å². The number of alkyl halides is 2. The molecule has 4 nitrogen and oxygen atoms in total. The number of nitrogens with one attached hydrogen (secondary N) is 1. The lowest BCUT2D eigenvalue weighted by atomic mass is 10.2. The molecule has 21 heavy (non-hydrogen) atoms. The number of benzene rings is 2. The zero-order chi connectivity index (χ0) is 14.8. The SMILES string of the molecule is COc1cc(-c2nc3ccccc3[nH]2)ccc1OC(F)F. The van der Waals surface area contributed by atoms with Gasteiger partial charge in [-0.05, 0) is 30.3 Å². The van der Waals surface area contributed by atoms with Crippen molar-refractivity contribution >= 4 is 11.0 Å². The van der Waals surface area contributed by atoms with Gasteiger partial charge in [0.25, 0.3) is 0 Å². The standard InChI is InChI=1S/C15H12F2N2O2/c1-20-13-8-9(6-7-12(13)21-15(16)17)14-18-10-4-2-3-5-11(10)19-14/h2-8,15H,1H3,(H,18,19). The van der Waals surface area contributed by atoms with Crippen LogP contribution >= 0.6 is 0 Å². The summed E-state index contributed by atoms with van der Waals surface area (Å²) in [5.74, 6) is 0.860. The lowest BCUT2D eigenvalue weighted by Crippen LogP contribution is -2.03. The summed E-state index contributed by atoms with van der Waals surface area (Å²) in [6.45, 7) is -2.89. The molecule has 3 aromatic rings. The topological polar surface area (TPSA) is 47.1 Å². The number of ether oxygens (including phenoxy) is 2. The van der Waals surface area contributed by atoms with Crippen molar-refractivity contribution in [2.24, 2.45) is 0 Å². The third-order valence-electron chi connectivity index (χ3n) is 3.04. The average molecular weight is 290 g/mol. The molecule has 0 radical (unpaired) electrons. The van der Waals surface area contributed by atoms with E-state index in [9.17, 15) is 8.78 Å². The Morgan fingerprint density at radius 3 is 2.62 bits per heavy atom. The first-order valence-corrected chi connectivity index (χ1v) is 6.25. The smallest absolute Gasteiger partial charge is 0.387 e. The first-order valence-electron chi connectivity index (χ1n) is 6.25. The molecule has 0 bridgehead atoms. The Kier molecular flexibility index (Phi) is 3.43. The fourth-order valence-corrected chi connectivity index (χ4v) is 2.10. The predicted octanol–water partition coefficient (Wildman–Crippen LogP) is 3.84. The van der Waals surface area contributed by atoms with Crippen LogP contribution in [0.4, 0.5) is 8.78 Å². The lowest BCUT2D eigenvalue weighted by molar-refractivity contribution is -0.0512. The van der Waals surface area contributed by atoms with Crippen molar-refractivity contribution in [1.82, 2.24) is 9.97 Å². The summed E-state index contributed by atoms with van der Waals surface area (Å²) in [5.41, 5.74) is 2.46. The molecule has 0 atom stereocenters. The van der Waals surface area contributed by atoms with Crippen molar-refractivity contribution in [2.75, 3.05) is 7.11 Å². The molecule has 1 N–H and O–H groups in total. The molecule has 0 amide bonds. The van der Waals surface area contributed by atoms with Crippen LogP contribution in [0.25, 0.3) is 22.4 Å². The third-order valence-corrected chi connectivity index (χ3v) is 3.04. The zero-order valence-electron chi connectivity index (χ0n) is 11.1.